The Morgan fingerprint density at radius 2 is 1.33 bits per heavy atom. The normalized spacial score (nSPS) is 16.8. The lowest BCUT2D eigenvalue weighted by Crippen LogP contribution is -2.58. The monoisotopic (exact) mass is 666 g/mol. The van der Waals surface area contributed by atoms with Crippen LogP contribution in [-0.2, 0) is 51.3 Å². The molecule has 0 saturated carbocycles. The third-order valence-corrected chi connectivity index (χ3v) is 7.36. The molecule has 3 rings (SSSR count). The number of nitrogens with zero attached hydrogens (tertiary/aromatic N) is 1. The number of hydrogen-bond donors (Lipinski definition) is 6. The van der Waals surface area contributed by atoms with Gasteiger partial charge in [-0.2, -0.15) is 0 Å². The summed E-state index contributed by atoms with van der Waals surface area (Å²) in [7, 11) is 0. The number of nitrogens with one attached hydrogen (secondary N) is 5. The Labute approximate surface area is 278 Å². The molecule has 15 heteroatoms. The summed E-state index contributed by atoms with van der Waals surface area (Å²) in [6.45, 7) is 5.48. The van der Waals surface area contributed by atoms with Crippen LogP contribution in [0.4, 0.5) is 0 Å². The van der Waals surface area contributed by atoms with E-state index in [-0.39, 0.29) is 24.8 Å². The molecule has 6 amide bonds. The molecular weight excluding hydrogens is 624 g/mol. The lowest BCUT2D eigenvalue weighted by Gasteiger charge is -2.26. The molecule has 1 aliphatic rings. The Morgan fingerprint density at radius 1 is 0.750 bits per heavy atom. The lowest BCUT2D eigenvalue weighted by molar-refractivity contribution is -0.151. The third kappa shape index (κ3) is 11.5. The summed E-state index contributed by atoms with van der Waals surface area (Å²) in [6, 6.07) is 15.3. The van der Waals surface area contributed by atoms with Gasteiger partial charge in [0.15, 0.2) is 12.2 Å². The molecule has 5 atom stereocenters. The van der Waals surface area contributed by atoms with E-state index in [2.05, 4.69) is 26.7 Å². The molecule has 1 heterocycles. The molecule has 0 aliphatic carbocycles. The summed E-state index contributed by atoms with van der Waals surface area (Å²) in [5.74, 6) is -6.00. The number of hydrogen-bond acceptors (Lipinski definition) is 8. The van der Waals surface area contributed by atoms with Gasteiger partial charge in [-0.25, -0.2) is 5.01 Å². The number of carbonyl (C=O) groups excluding carboxylic acids is 6. The van der Waals surface area contributed by atoms with Crippen molar-refractivity contribution in [3.05, 3.63) is 71.8 Å². The van der Waals surface area contributed by atoms with Gasteiger partial charge in [0.05, 0.1) is 0 Å². The summed E-state index contributed by atoms with van der Waals surface area (Å²) in [4.78, 5) is 88.1. The first-order valence-corrected chi connectivity index (χ1v) is 15.5. The summed E-state index contributed by atoms with van der Waals surface area (Å²) >= 11 is 0. The van der Waals surface area contributed by atoms with Crippen molar-refractivity contribution in [3.8, 4) is 0 Å². The van der Waals surface area contributed by atoms with Gasteiger partial charge in [0.1, 0.15) is 24.7 Å². The maximum Gasteiger partial charge on any atom is 0.325 e. The molecule has 2 aromatic carbocycles. The second kappa shape index (κ2) is 17.6. The van der Waals surface area contributed by atoms with Crippen LogP contribution in [0.5, 0.6) is 0 Å². The minimum atomic E-state index is -1.47. The Kier molecular flexibility index (Phi) is 13.6. The molecule has 6 N–H and O–H groups in total. The van der Waals surface area contributed by atoms with Gasteiger partial charge in [-0.1, -0.05) is 74.5 Å². The van der Waals surface area contributed by atoms with Crippen molar-refractivity contribution in [2.24, 2.45) is 5.92 Å². The van der Waals surface area contributed by atoms with Gasteiger partial charge >= 0.3 is 5.97 Å². The number of aliphatic carboxylic acids is 1. The first-order chi connectivity index (χ1) is 22.8. The van der Waals surface area contributed by atoms with Crippen LogP contribution in [0.25, 0.3) is 0 Å². The zero-order valence-electron chi connectivity index (χ0n) is 27.2. The number of rotatable bonds is 16. The predicted octanol–water partition coefficient (Wildman–Crippen LogP) is -0.202. The van der Waals surface area contributed by atoms with Crippen molar-refractivity contribution in [3.63, 3.8) is 0 Å². The fraction of sp³-hybridized carbons (Fsp3) is 0.424. The zero-order chi connectivity index (χ0) is 35.4. The highest BCUT2D eigenvalue weighted by Gasteiger charge is 2.53. The van der Waals surface area contributed by atoms with Crippen molar-refractivity contribution < 1.29 is 43.4 Å². The van der Waals surface area contributed by atoms with Crippen LogP contribution in [-0.4, -0.2) is 88.4 Å². The van der Waals surface area contributed by atoms with Crippen LogP contribution in [0.15, 0.2) is 60.7 Å². The van der Waals surface area contributed by atoms with E-state index >= 15 is 0 Å². The van der Waals surface area contributed by atoms with Crippen molar-refractivity contribution in [2.75, 3.05) is 6.54 Å². The molecule has 1 saturated heterocycles. The van der Waals surface area contributed by atoms with Crippen molar-refractivity contribution in [2.45, 2.75) is 77.4 Å². The number of ether oxygens (including phenoxy) is 1. The van der Waals surface area contributed by atoms with Crippen LogP contribution in [0.1, 0.15) is 45.2 Å². The fourth-order valence-corrected chi connectivity index (χ4v) is 4.54. The highest BCUT2D eigenvalue weighted by molar-refractivity contribution is 5.99. The van der Waals surface area contributed by atoms with Gasteiger partial charge in [0.2, 0.25) is 17.7 Å². The maximum atomic E-state index is 13.0. The van der Waals surface area contributed by atoms with E-state index < -0.39 is 72.4 Å². The largest absolute Gasteiger partial charge is 0.480 e. The van der Waals surface area contributed by atoms with Gasteiger partial charge < -0.3 is 31.1 Å². The van der Waals surface area contributed by atoms with Crippen LogP contribution in [0.2, 0.25) is 0 Å². The Hall–Kier alpha value is -5.31. The van der Waals surface area contributed by atoms with Crippen molar-refractivity contribution in [1.29, 1.82) is 0 Å². The van der Waals surface area contributed by atoms with Crippen LogP contribution in [0.3, 0.4) is 0 Å². The van der Waals surface area contributed by atoms with E-state index in [9.17, 15) is 38.7 Å². The van der Waals surface area contributed by atoms with Crippen LogP contribution >= 0.6 is 0 Å². The third-order valence-electron chi connectivity index (χ3n) is 7.36. The number of epoxide rings is 1. The molecule has 1 aliphatic heterocycles. The van der Waals surface area contributed by atoms with Gasteiger partial charge in [0.25, 0.3) is 17.7 Å². The maximum absolute atomic E-state index is 13.0. The molecule has 15 nitrogen and oxygen atoms in total. The topological polar surface area (TPSA) is 216 Å². The molecule has 2 aromatic rings. The van der Waals surface area contributed by atoms with E-state index in [1.807, 2.05) is 60.7 Å². The average molecular weight is 667 g/mol. The molecule has 1 unspecified atom stereocenters. The second-order valence-electron chi connectivity index (χ2n) is 11.7. The van der Waals surface area contributed by atoms with E-state index in [0.717, 1.165) is 11.1 Å². The lowest BCUT2D eigenvalue weighted by atomic mass is 10.0. The first kappa shape index (κ1) is 37.2. The average Bonchev–Trinajstić information content (AvgIpc) is 3.86. The van der Waals surface area contributed by atoms with Gasteiger partial charge in [-0.15, -0.1) is 0 Å². The van der Waals surface area contributed by atoms with Crippen molar-refractivity contribution >= 4 is 41.4 Å². The zero-order valence-corrected chi connectivity index (χ0v) is 27.2. The summed E-state index contributed by atoms with van der Waals surface area (Å²) in [5, 5.41) is 20.1. The fourth-order valence-electron chi connectivity index (χ4n) is 4.54. The Bertz CT molecular complexity index is 1470. The highest BCUT2D eigenvalue weighted by Crippen LogP contribution is 2.24. The number of aryl methyl sites for hydroxylation is 1. The number of amides is 6. The smallest absolute Gasteiger partial charge is 0.325 e. The van der Waals surface area contributed by atoms with Gasteiger partial charge in [-0.05, 0) is 37.3 Å². The van der Waals surface area contributed by atoms with Crippen LogP contribution in [0, 0.1) is 5.92 Å². The molecule has 48 heavy (non-hydrogen) atoms. The minimum Gasteiger partial charge on any atom is -0.480 e. The molecule has 0 spiro atoms. The number of hydrazine groups is 1. The van der Waals surface area contributed by atoms with E-state index in [4.69, 9.17) is 4.74 Å². The standard InChI is InChI=1S/C33H42N6O9/c1-19(2)26(37-24(40)16-15-22-11-7-5-8-12-22)31(45)35-21(4)30(44)38-39(18-25(41)42)33(47)28-27(48-28)32(46)36-20(3)29(43)34-17-23-13-9-6-10-14-23/h5-14,19-21,26-28H,15-18H2,1-4H3,(H,34,43)(H,35,45)(H,36,46)(H,37,40)(H,38,44)(H,41,42)/t20?,21-,26-,27-,28-/m0/s1. The van der Waals surface area contributed by atoms with Crippen molar-refractivity contribution in [1.82, 2.24) is 31.7 Å². The van der Waals surface area contributed by atoms with E-state index in [1.165, 1.54) is 13.8 Å². The molecule has 0 radical (unpaired) electrons. The number of benzene rings is 2. The highest BCUT2D eigenvalue weighted by atomic mass is 16.6. The Balaban J connectivity index is 1.50. The predicted molar refractivity (Wildman–Crippen MR) is 171 cm³/mol. The second-order valence-corrected chi connectivity index (χ2v) is 11.7. The van der Waals surface area contributed by atoms with E-state index in [1.54, 1.807) is 13.8 Å². The Morgan fingerprint density at radius 3 is 1.92 bits per heavy atom. The molecule has 0 aromatic heterocycles. The summed E-state index contributed by atoms with van der Waals surface area (Å²) < 4.78 is 5.17. The van der Waals surface area contributed by atoms with Gasteiger partial charge in [0, 0.05) is 13.0 Å². The molecule has 258 valence electrons. The quantitative estimate of drug-likeness (QED) is 0.103. The first-order valence-electron chi connectivity index (χ1n) is 15.5. The summed E-state index contributed by atoms with van der Waals surface area (Å²) in [5.41, 5.74) is 3.98. The minimum absolute atomic E-state index is 0.144. The number of carbonyl (C=O) groups is 7. The molecule has 1 fully saturated rings. The SMILES string of the molecule is CC(NC(=O)[C@H]1O[C@@H]1C(=O)N(CC(=O)O)NC(=O)[C@H](C)NC(=O)[C@@H](NC(=O)CCc1ccccc1)C(C)C)C(=O)NCc1ccccc1. The number of carboxylic acid groups (broad SMARTS) is 1. The van der Waals surface area contributed by atoms with E-state index in [0.29, 0.717) is 11.4 Å². The van der Waals surface area contributed by atoms with Gasteiger partial charge in [-0.3, -0.25) is 39.0 Å². The van der Waals surface area contributed by atoms with Crippen LogP contribution < -0.4 is 26.7 Å². The molecule has 0 bridgehead atoms. The number of carboxylic acids is 1. The summed E-state index contributed by atoms with van der Waals surface area (Å²) in [6.07, 6.45) is -2.11. The molecular formula is C33H42N6O9.